The summed E-state index contributed by atoms with van der Waals surface area (Å²) in [6.07, 6.45) is 0.623. The predicted molar refractivity (Wildman–Crippen MR) is 140 cm³/mol. The molecule has 0 fully saturated rings. The number of amides is 1. The molecule has 198 valence electrons. The fraction of sp³-hybridized carbons (Fsp3) is 0.346. The molecular formula is C26H32N4O6S. The predicted octanol–water partition coefficient (Wildman–Crippen LogP) is 4.73. The Morgan fingerprint density at radius 3 is 2.35 bits per heavy atom. The number of carbonyl (C=O) groups is 2. The second kappa shape index (κ2) is 10.7. The van der Waals surface area contributed by atoms with Crippen LogP contribution in [0.3, 0.4) is 0 Å². The average molecular weight is 529 g/mol. The Kier molecular flexibility index (Phi) is 8.09. The second-order valence-corrected chi connectivity index (χ2v) is 11.4. The highest BCUT2D eigenvalue weighted by Crippen LogP contribution is 2.35. The highest BCUT2D eigenvalue weighted by Gasteiger charge is 2.29. The van der Waals surface area contributed by atoms with Gasteiger partial charge in [0, 0.05) is 22.7 Å². The lowest BCUT2D eigenvalue weighted by Gasteiger charge is -2.22. The molecule has 0 aliphatic carbocycles. The first kappa shape index (κ1) is 27.9. The number of aromatic nitrogens is 2. The van der Waals surface area contributed by atoms with E-state index in [1.807, 2.05) is 6.92 Å². The van der Waals surface area contributed by atoms with Gasteiger partial charge in [-0.05, 0) is 64.4 Å². The number of hydrogen-bond acceptors (Lipinski definition) is 6. The molecule has 0 radical (unpaired) electrons. The molecule has 10 nitrogen and oxygen atoms in total. The van der Waals surface area contributed by atoms with E-state index in [1.165, 1.54) is 29.8 Å². The van der Waals surface area contributed by atoms with Gasteiger partial charge in [0.05, 0.1) is 5.69 Å². The standard InChI is InChI=1S/C26H32N4O6S/c1-7-16(2)23(31)27-18-13-14-20(21(15-18)37(34,35)29-26(4,5)6)36-24-17(3)22(25(32)33)28-30(24)19-11-9-8-10-12-19/h8-16,29H,7H2,1-6H3,(H,27,31)(H,32,33)/t16-/m1/s1. The number of carboxylic acids is 1. The van der Waals surface area contributed by atoms with E-state index in [2.05, 4.69) is 15.1 Å². The summed E-state index contributed by atoms with van der Waals surface area (Å²) in [5.74, 6) is -1.77. The minimum atomic E-state index is -4.12. The van der Waals surface area contributed by atoms with Crippen LogP contribution in [0.15, 0.2) is 53.4 Å². The summed E-state index contributed by atoms with van der Waals surface area (Å²) in [7, 11) is -4.12. The summed E-state index contributed by atoms with van der Waals surface area (Å²) in [6.45, 7) is 10.3. The quantitative estimate of drug-likeness (QED) is 0.365. The van der Waals surface area contributed by atoms with Crippen LogP contribution in [0.2, 0.25) is 0 Å². The maximum absolute atomic E-state index is 13.4. The Labute approximate surface area is 216 Å². The summed E-state index contributed by atoms with van der Waals surface area (Å²) >= 11 is 0. The Balaban J connectivity index is 2.17. The molecular weight excluding hydrogens is 496 g/mol. The minimum Gasteiger partial charge on any atom is -0.476 e. The lowest BCUT2D eigenvalue weighted by atomic mass is 10.1. The van der Waals surface area contributed by atoms with Gasteiger partial charge in [0.25, 0.3) is 0 Å². The summed E-state index contributed by atoms with van der Waals surface area (Å²) in [6, 6.07) is 13.0. The molecule has 0 saturated heterocycles. The maximum Gasteiger partial charge on any atom is 0.356 e. The third kappa shape index (κ3) is 6.55. The fourth-order valence-corrected chi connectivity index (χ4v) is 5.01. The van der Waals surface area contributed by atoms with Gasteiger partial charge < -0.3 is 15.2 Å². The van der Waals surface area contributed by atoms with Gasteiger partial charge in [0.1, 0.15) is 10.6 Å². The van der Waals surface area contributed by atoms with E-state index in [0.29, 0.717) is 12.1 Å². The van der Waals surface area contributed by atoms with Crippen LogP contribution in [-0.2, 0) is 14.8 Å². The van der Waals surface area contributed by atoms with Crippen LogP contribution in [0, 0.1) is 12.8 Å². The number of hydrogen-bond donors (Lipinski definition) is 3. The van der Waals surface area contributed by atoms with Gasteiger partial charge in [0.2, 0.25) is 21.8 Å². The monoisotopic (exact) mass is 528 g/mol. The largest absolute Gasteiger partial charge is 0.476 e. The van der Waals surface area contributed by atoms with Crippen LogP contribution in [0.1, 0.15) is 57.1 Å². The minimum absolute atomic E-state index is 0.0483. The zero-order valence-corrected chi connectivity index (χ0v) is 22.5. The van der Waals surface area contributed by atoms with Gasteiger partial charge in [-0.15, -0.1) is 0 Å². The number of nitrogens with one attached hydrogen (secondary N) is 2. The second-order valence-electron chi connectivity index (χ2n) is 9.75. The third-order valence-corrected chi connectivity index (χ3v) is 7.26. The van der Waals surface area contributed by atoms with Gasteiger partial charge in [-0.2, -0.15) is 9.78 Å². The molecule has 3 aromatic rings. The van der Waals surface area contributed by atoms with E-state index in [4.69, 9.17) is 4.74 Å². The number of sulfonamides is 1. The van der Waals surface area contributed by atoms with E-state index in [1.54, 1.807) is 58.0 Å². The molecule has 0 saturated carbocycles. The molecule has 0 spiro atoms. The molecule has 1 heterocycles. The van der Waals surface area contributed by atoms with Gasteiger partial charge in [-0.1, -0.05) is 32.0 Å². The van der Waals surface area contributed by atoms with Crippen molar-refractivity contribution in [1.29, 1.82) is 0 Å². The molecule has 37 heavy (non-hydrogen) atoms. The molecule has 0 aliphatic rings. The van der Waals surface area contributed by atoms with E-state index < -0.39 is 21.5 Å². The lowest BCUT2D eigenvalue weighted by Crippen LogP contribution is -2.40. The number of rotatable bonds is 9. The van der Waals surface area contributed by atoms with Gasteiger partial charge in [0.15, 0.2) is 5.69 Å². The van der Waals surface area contributed by atoms with Crippen molar-refractivity contribution in [2.75, 3.05) is 5.32 Å². The number of carboxylic acid groups (broad SMARTS) is 1. The van der Waals surface area contributed by atoms with Crippen LogP contribution in [0.5, 0.6) is 11.6 Å². The number of aromatic carboxylic acids is 1. The van der Waals surface area contributed by atoms with E-state index in [0.717, 1.165) is 0 Å². The number of benzene rings is 2. The highest BCUT2D eigenvalue weighted by atomic mass is 32.2. The lowest BCUT2D eigenvalue weighted by molar-refractivity contribution is -0.119. The van der Waals surface area contributed by atoms with Crippen LogP contribution < -0.4 is 14.8 Å². The number of anilines is 1. The molecule has 1 atom stereocenters. The summed E-state index contributed by atoms with van der Waals surface area (Å²) in [5, 5.41) is 16.6. The molecule has 1 aromatic heterocycles. The Hall–Kier alpha value is -3.70. The van der Waals surface area contributed by atoms with Crippen LogP contribution in [0.25, 0.3) is 5.69 Å². The first-order chi connectivity index (χ1) is 17.2. The molecule has 3 rings (SSSR count). The van der Waals surface area contributed by atoms with Crippen LogP contribution >= 0.6 is 0 Å². The van der Waals surface area contributed by atoms with Crippen LogP contribution in [0.4, 0.5) is 5.69 Å². The molecule has 1 amide bonds. The van der Waals surface area contributed by atoms with Crippen molar-refractivity contribution in [3.8, 4) is 17.3 Å². The van der Waals surface area contributed by atoms with Crippen molar-refractivity contribution in [3.63, 3.8) is 0 Å². The Morgan fingerprint density at radius 1 is 1.14 bits per heavy atom. The highest BCUT2D eigenvalue weighted by molar-refractivity contribution is 7.89. The van der Waals surface area contributed by atoms with Crippen molar-refractivity contribution in [1.82, 2.24) is 14.5 Å². The molecule has 2 aromatic carbocycles. The first-order valence-corrected chi connectivity index (χ1v) is 13.3. The maximum atomic E-state index is 13.4. The molecule has 3 N–H and O–H groups in total. The van der Waals surface area contributed by atoms with E-state index in [9.17, 15) is 23.1 Å². The third-order valence-electron chi connectivity index (χ3n) is 5.48. The first-order valence-electron chi connectivity index (χ1n) is 11.8. The van der Waals surface area contributed by atoms with Crippen LogP contribution in [-0.4, -0.2) is 40.7 Å². The number of nitrogens with zero attached hydrogens (tertiary/aromatic N) is 2. The Morgan fingerprint density at radius 2 is 1.78 bits per heavy atom. The Bertz CT molecular complexity index is 1410. The van der Waals surface area contributed by atoms with Crippen molar-refractivity contribution >= 4 is 27.6 Å². The smallest absolute Gasteiger partial charge is 0.356 e. The number of carbonyl (C=O) groups excluding carboxylic acids is 1. The average Bonchev–Trinajstić information content (AvgIpc) is 3.14. The van der Waals surface area contributed by atoms with Gasteiger partial charge in [-0.25, -0.2) is 17.9 Å². The zero-order chi connectivity index (χ0) is 27.5. The van der Waals surface area contributed by atoms with Gasteiger partial charge in [-0.3, -0.25) is 4.79 Å². The molecule has 0 bridgehead atoms. The number of ether oxygens (including phenoxy) is 1. The summed E-state index contributed by atoms with van der Waals surface area (Å²) < 4.78 is 36.8. The van der Waals surface area contributed by atoms with E-state index in [-0.39, 0.29) is 45.3 Å². The van der Waals surface area contributed by atoms with Crippen molar-refractivity contribution in [2.24, 2.45) is 5.92 Å². The SMILES string of the molecule is CC[C@@H](C)C(=O)Nc1ccc(Oc2c(C)c(C(=O)O)nn2-c2ccccc2)c(S(=O)(=O)NC(C)(C)C)c1. The molecule has 0 unspecified atom stereocenters. The normalized spacial score (nSPS) is 12.7. The zero-order valence-electron chi connectivity index (χ0n) is 21.7. The topological polar surface area (TPSA) is 140 Å². The van der Waals surface area contributed by atoms with Crippen molar-refractivity contribution in [3.05, 3.63) is 59.8 Å². The molecule has 0 aliphatic heterocycles. The molecule has 11 heteroatoms. The summed E-state index contributed by atoms with van der Waals surface area (Å²) in [5.41, 5.74) is 0.00458. The van der Waals surface area contributed by atoms with Crippen molar-refractivity contribution in [2.45, 2.75) is 58.4 Å². The number of para-hydroxylation sites is 1. The van der Waals surface area contributed by atoms with E-state index >= 15 is 0 Å². The summed E-state index contributed by atoms with van der Waals surface area (Å²) in [4.78, 5) is 24.0. The fourth-order valence-electron chi connectivity index (χ4n) is 3.44. The van der Waals surface area contributed by atoms with Crippen molar-refractivity contribution < 1.29 is 27.9 Å². The van der Waals surface area contributed by atoms with Gasteiger partial charge >= 0.3 is 5.97 Å².